The molecule has 0 bridgehead atoms. The molecule has 1 aliphatic carbocycles. The Morgan fingerprint density at radius 1 is 1.10 bits per heavy atom. The number of nitrogens with zero attached hydrogens (tertiary/aromatic N) is 4. The number of piperazine rings is 1. The Kier molecular flexibility index (Phi) is 8.35. The molecule has 11 heteroatoms. The first-order valence-electron chi connectivity index (χ1n) is 13.7. The lowest BCUT2D eigenvalue weighted by Crippen LogP contribution is -2.58. The molecule has 212 valence electrons. The number of aromatic nitrogens is 1. The molecule has 5 rings (SSSR count). The fourth-order valence-corrected chi connectivity index (χ4v) is 6.08. The van der Waals surface area contributed by atoms with E-state index in [0.717, 1.165) is 57.8 Å². The number of amides is 1. The predicted molar refractivity (Wildman–Crippen MR) is 142 cm³/mol. The zero-order valence-corrected chi connectivity index (χ0v) is 22.7. The molecule has 3 heterocycles. The van der Waals surface area contributed by atoms with Gasteiger partial charge in [-0.3, -0.25) is 14.6 Å². The number of halogens is 5. The van der Waals surface area contributed by atoms with Gasteiger partial charge in [0.05, 0.1) is 16.1 Å². The number of pyridine rings is 1. The number of carbonyl (C=O) groups excluding carboxylic acids is 1. The summed E-state index contributed by atoms with van der Waals surface area (Å²) in [5.41, 5.74) is -0.311. The molecule has 1 atom stereocenters. The van der Waals surface area contributed by atoms with Gasteiger partial charge in [0.25, 0.3) is 5.91 Å². The van der Waals surface area contributed by atoms with Crippen LogP contribution in [-0.4, -0.2) is 71.5 Å². The number of piperidine rings is 1. The van der Waals surface area contributed by atoms with Crippen molar-refractivity contribution in [3.63, 3.8) is 0 Å². The summed E-state index contributed by atoms with van der Waals surface area (Å²) in [4.78, 5) is 23.6. The predicted octanol–water partition coefficient (Wildman–Crippen LogP) is 5.35. The molecule has 3 fully saturated rings. The third kappa shape index (κ3) is 6.66. The molecule has 3 aliphatic rings. The number of anilines is 1. The molecule has 2 aromatic rings. The van der Waals surface area contributed by atoms with Crippen molar-refractivity contribution in [3.8, 4) is 0 Å². The summed E-state index contributed by atoms with van der Waals surface area (Å²) in [6.45, 7) is 6.04. The second kappa shape index (κ2) is 11.6. The Balaban J connectivity index is 1.17. The average molecular weight is 568 g/mol. The van der Waals surface area contributed by atoms with Crippen molar-refractivity contribution < 1.29 is 22.4 Å². The molecule has 0 radical (unpaired) electrons. The Morgan fingerprint density at radius 3 is 2.49 bits per heavy atom. The lowest BCUT2D eigenvalue weighted by molar-refractivity contribution is -0.138. The van der Waals surface area contributed by atoms with Crippen LogP contribution >= 0.6 is 11.6 Å². The molecule has 1 saturated carbocycles. The van der Waals surface area contributed by atoms with Gasteiger partial charge < -0.3 is 10.2 Å². The van der Waals surface area contributed by atoms with Crippen LogP contribution in [0.4, 0.5) is 23.4 Å². The standard InChI is InChI=1S/C28H34ClF4N5O/c1-2-22-17-37(26-25(29)13-19(15-34-26)27(39)35-21-5-6-21)11-12-38(22)23-7-9-36(10-8-23)16-18-3-4-20(30)14-24(18)28(31,32)33/h3-4,13-15,21-23H,2,5-12,16-17H2,1H3,(H,35,39)/t22-/m0/s1. The van der Waals surface area contributed by atoms with E-state index in [4.69, 9.17) is 11.6 Å². The largest absolute Gasteiger partial charge is 0.416 e. The van der Waals surface area contributed by atoms with Crippen LogP contribution in [-0.2, 0) is 12.7 Å². The van der Waals surface area contributed by atoms with Crippen LogP contribution in [0.15, 0.2) is 30.5 Å². The number of hydrogen-bond donors (Lipinski definition) is 1. The SMILES string of the molecule is CC[C@H]1CN(c2ncc(C(=O)NC3CC3)cc2Cl)CCN1C1CCN(Cc2ccc(F)cc2C(F)(F)F)CC1. The second-order valence-corrected chi connectivity index (χ2v) is 11.2. The highest BCUT2D eigenvalue weighted by Crippen LogP contribution is 2.34. The van der Waals surface area contributed by atoms with E-state index in [1.54, 1.807) is 12.3 Å². The van der Waals surface area contributed by atoms with Gasteiger partial charge >= 0.3 is 6.18 Å². The van der Waals surface area contributed by atoms with E-state index in [-0.39, 0.29) is 24.1 Å². The Hall–Kier alpha value is -2.43. The highest BCUT2D eigenvalue weighted by atomic mass is 35.5. The maximum atomic E-state index is 13.5. The topological polar surface area (TPSA) is 51.7 Å². The van der Waals surface area contributed by atoms with Gasteiger partial charge in [-0.15, -0.1) is 0 Å². The number of carbonyl (C=O) groups is 1. The Morgan fingerprint density at radius 2 is 1.85 bits per heavy atom. The minimum absolute atomic E-state index is 0.114. The molecule has 1 amide bonds. The maximum absolute atomic E-state index is 13.5. The second-order valence-electron chi connectivity index (χ2n) is 10.8. The summed E-state index contributed by atoms with van der Waals surface area (Å²) >= 11 is 6.57. The van der Waals surface area contributed by atoms with Gasteiger partial charge in [0.15, 0.2) is 0 Å². The van der Waals surface area contributed by atoms with Crippen LogP contribution in [0.2, 0.25) is 5.02 Å². The number of rotatable bonds is 7. The quantitative estimate of drug-likeness (QED) is 0.457. The summed E-state index contributed by atoms with van der Waals surface area (Å²) in [6, 6.07) is 5.53. The van der Waals surface area contributed by atoms with E-state index in [2.05, 4.69) is 27.0 Å². The molecule has 2 saturated heterocycles. The van der Waals surface area contributed by atoms with Crippen LogP contribution in [0.1, 0.15) is 60.5 Å². The molecule has 1 N–H and O–H groups in total. The molecule has 2 aliphatic heterocycles. The number of likely N-dealkylation sites (tertiary alicyclic amines) is 1. The number of benzene rings is 1. The van der Waals surface area contributed by atoms with E-state index >= 15 is 0 Å². The van der Waals surface area contributed by atoms with Gasteiger partial charge in [-0.25, -0.2) is 9.37 Å². The van der Waals surface area contributed by atoms with Crippen molar-refractivity contribution in [2.24, 2.45) is 0 Å². The number of hydrogen-bond acceptors (Lipinski definition) is 5. The van der Waals surface area contributed by atoms with Gasteiger partial charge in [0.2, 0.25) is 0 Å². The van der Waals surface area contributed by atoms with Gasteiger partial charge in [-0.2, -0.15) is 13.2 Å². The molecular formula is C28H34ClF4N5O. The fourth-order valence-electron chi connectivity index (χ4n) is 5.79. The molecule has 0 unspecified atom stereocenters. The molecule has 6 nitrogen and oxygen atoms in total. The zero-order chi connectivity index (χ0) is 27.7. The van der Waals surface area contributed by atoms with Crippen LogP contribution in [0, 0.1) is 5.82 Å². The van der Waals surface area contributed by atoms with Crippen molar-refractivity contribution >= 4 is 23.3 Å². The fraction of sp³-hybridized carbons (Fsp3) is 0.571. The summed E-state index contributed by atoms with van der Waals surface area (Å²) in [7, 11) is 0. The highest BCUT2D eigenvalue weighted by molar-refractivity contribution is 6.33. The molecule has 1 aromatic heterocycles. The van der Waals surface area contributed by atoms with Crippen molar-refractivity contribution in [2.45, 2.75) is 69.9 Å². The minimum atomic E-state index is -4.58. The molecule has 0 spiro atoms. The highest BCUT2D eigenvalue weighted by Gasteiger charge is 2.36. The summed E-state index contributed by atoms with van der Waals surface area (Å²) < 4.78 is 53.8. The van der Waals surface area contributed by atoms with E-state index in [9.17, 15) is 22.4 Å². The monoisotopic (exact) mass is 567 g/mol. The van der Waals surface area contributed by atoms with Crippen LogP contribution in [0.25, 0.3) is 0 Å². The first kappa shape index (κ1) is 28.1. The Bertz CT molecular complexity index is 1180. The molecule has 39 heavy (non-hydrogen) atoms. The summed E-state index contributed by atoms with van der Waals surface area (Å²) in [5, 5.41) is 3.42. The average Bonchev–Trinajstić information content (AvgIpc) is 3.73. The number of alkyl halides is 3. The van der Waals surface area contributed by atoms with Gasteiger partial charge in [0, 0.05) is 50.5 Å². The van der Waals surface area contributed by atoms with Crippen LogP contribution < -0.4 is 10.2 Å². The third-order valence-electron chi connectivity index (χ3n) is 8.09. The van der Waals surface area contributed by atoms with Crippen molar-refractivity contribution in [1.82, 2.24) is 20.1 Å². The lowest BCUT2D eigenvalue weighted by Gasteiger charge is -2.47. The third-order valence-corrected chi connectivity index (χ3v) is 8.37. The first-order chi connectivity index (χ1) is 18.6. The summed E-state index contributed by atoms with van der Waals surface area (Å²) in [6.07, 6.45) is 1.71. The smallest absolute Gasteiger partial charge is 0.353 e. The van der Waals surface area contributed by atoms with Gasteiger partial charge in [-0.1, -0.05) is 24.6 Å². The van der Waals surface area contributed by atoms with Crippen LogP contribution in [0.5, 0.6) is 0 Å². The van der Waals surface area contributed by atoms with Crippen molar-refractivity contribution in [1.29, 1.82) is 0 Å². The summed E-state index contributed by atoms with van der Waals surface area (Å²) in [5.74, 6) is -0.330. The Labute approximate surface area is 231 Å². The number of nitrogens with one attached hydrogen (secondary N) is 1. The first-order valence-corrected chi connectivity index (χ1v) is 14.0. The molecule has 1 aromatic carbocycles. The van der Waals surface area contributed by atoms with E-state index in [0.29, 0.717) is 47.6 Å². The van der Waals surface area contributed by atoms with E-state index in [1.807, 2.05) is 4.90 Å². The lowest BCUT2D eigenvalue weighted by atomic mass is 9.97. The zero-order valence-electron chi connectivity index (χ0n) is 22.0. The van der Waals surface area contributed by atoms with Crippen LogP contribution in [0.3, 0.4) is 0 Å². The van der Waals surface area contributed by atoms with Crippen molar-refractivity contribution in [3.05, 3.63) is 58.0 Å². The van der Waals surface area contributed by atoms with E-state index < -0.39 is 17.6 Å². The van der Waals surface area contributed by atoms with Crippen molar-refractivity contribution in [2.75, 3.05) is 37.6 Å². The minimum Gasteiger partial charge on any atom is -0.353 e. The normalized spacial score (nSPS) is 21.8. The van der Waals surface area contributed by atoms with Gasteiger partial charge in [-0.05, 0) is 69.0 Å². The maximum Gasteiger partial charge on any atom is 0.416 e. The van der Waals surface area contributed by atoms with Gasteiger partial charge in [0.1, 0.15) is 11.6 Å². The van der Waals surface area contributed by atoms with E-state index in [1.165, 1.54) is 6.07 Å². The molecular weight excluding hydrogens is 534 g/mol.